The molecule has 0 aliphatic rings. The van der Waals surface area contributed by atoms with E-state index in [2.05, 4.69) is 130 Å². The quantitative estimate of drug-likeness (QED) is 0.121. The van der Waals surface area contributed by atoms with E-state index in [1.807, 2.05) is 0 Å². The summed E-state index contributed by atoms with van der Waals surface area (Å²) in [6, 6.07) is 23.2. The van der Waals surface area contributed by atoms with Crippen LogP contribution in [0.25, 0.3) is 45.1 Å². The number of fused-ring (bicyclic) bond motifs is 2. The third kappa shape index (κ3) is 7.74. The number of benzene rings is 2. The van der Waals surface area contributed by atoms with Gasteiger partial charge >= 0.3 is 0 Å². The van der Waals surface area contributed by atoms with Crippen molar-refractivity contribution in [2.24, 2.45) is 11.8 Å². The number of imidazole rings is 2. The number of aryl methyl sites for hydroxylation is 2. The number of para-hydroxylation sites is 4. The van der Waals surface area contributed by atoms with Crippen LogP contribution in [0.5, 0.6) is 0 Å². The first kappa shape index (κ1) is 31.4. The highest BCUT2D eigenvalue weighted by Crippen LogP contribution is 2.29. The molecule has 0 spiro atoms. The second kappa shape index (κ2) is 14.7. The molecule has 0 unspecified atom stereocenters. The van der Waals surface area contributed by atoms with E-state index in [-0.39, 0.29) is 0 Å². The third-order valence-electron chi connectivity index (χ3n) is 8.53. The summed E-state index contributed by atoms with van der Waals surface area (Å²) in [5.41, 5.74) is 8.95. The van der Waals surface area contributed by atoms with E-state index in [9.17, 15) is 0 Å². The molecular weight excluding hydrogens is 538 g/mol. The molecule has 0 amide bonds. The first-order valence-corrected chi connectivity index (χ1v) is 16.4. The van der Waals surface area contributed by atoms with Crippen LogP contribution in [-0.4, -0.2) is 24.1 Å². The Bertz CT molecular complexity index is 1620. The average molecular weight is 588 g/mol. The van der Waals surface area contributed by atoms with Gasteiger partial charge in [-0.05, 0) is 114 Å². The van der Waals surface area contributed by atoms with Crippen molar-refractivity contribution in [3.8, 4) is 23.0 Å². The molecule has 5 nitrogen and oxygen atoms in total. The maximum Gasteiger partial charge on any atom is 0.159 e. The number of hydrogen-bond acceptors (Lipinski definition) is 3. The van der Waals surface area contributed by atoms with E-state index in [4.69, 9.17) is 15.0 Å². The van der Waals surface area contributed by atoms with Gasteiger partial charge in [-0.2, -0.15) is 0 Å². The van der Waals surface area contributed by atoms with E-state index in [1.54, 1.807) is 0 Å². The van der Waals surface area contributed by atoms with Crippen LogP contribution in [0.4, 0.5) is 0 Å². The predicted molar refractivity (Wildman–Crippen MR) is 187 cm³/mol. The SMILES string of the molecule is CC(C)=CC[C@H](C)CCCn1c(-c2cccc(-c3nc4ccccc4n3CCC[C@@H](C)CC=C(C)C)n2)nc2ccccc21. The Morgan fingerprint density at radius 2 is 1.02 bits per heavy atom. The van der Waals surface area contributed by atoms with Crippen LogP contribution >= 0.6 is 0 Å². The largest absolute Gasteiger partial charge is 0.323 e. The van der Waals surface area contributed by atoms with Crippen LogP contribution in [0.15, 0.2) is 90.0 Å². The van der Waals surface area contributed by atoms with Gasteiger partial charge < -0.3 is 9.13 Å². The molecule has 0 aliphatic carbocycles. The number of pyridine rings is 1. The van der Waals surface area contributed by atoms with Crippen LogP contribution in [-0.2, 0) is 13.1 Å². The summed E-state index contributed by atoms with van der Waals surface area (Å²) in [4.78, 5) is 15.4. The summed E-state index contributed by atoms with van der Waals surface area (Å²) < 4.78 is 4.73. The third-order valence-corrected chi connectivity index (χ3v) is 8.53. The number of allylic oxidation sites excluding steroid dienone is 4. The van der Waals surface area contributed by atoms with E-state index in [1.165, 1.54) is 35.0 Å². The zero-order valence-corrected chi connectivity index (χ0v) is 27.6. The van der Waals surface area contributed by atoms with E-state index < -0.39 is 0 Å². The molecule has 0 saturated heterocycles. The second-order valence-corrected chi connectivity index (χ2v) is 13.1. The van der Waals surface area contributed by atoms with E-state index in [0.29, 0.717) is 11.8 Å². The van der Waals surface area contributed by atoms with Gasteiger partial charge in [-0.15, -0.1) is 0 Å². The van der Waals surface area contributed by atoms with E-state index >= 15 is 0 Å². The normalized spacial score (nSPS) is 12.9. The Morgan fingerprint density at radius 1 is 0.591 bits per heavy atom. The second-order valence-electron chi connectivity index (χ2n) is 13.1. The van der Waals surface area contributed by atoms with Crippen LogP contribution in [0, 0.1) is 11.8 Å². The van der Waals surface area contributed by atoms with Crippen LogP contribution in [0.2, 0.25) is 0 Å². The maximum atomic E-state index is 5.23. The average Bonchev–Trinajstić information content (AvgIpc) is 3.58. The Balaban J connectivity index is 1.43. The van der Waals surface area contributed by atoms with Crippen molar-refractivity contribution < 1.29 is 0 Å². The van der Waals surface area contributed by atoms with Crippen LogP contribution in [0.1, 0.15) is 80.1 Å². The topological polar surface area (TPSA) is 48.5 Å². The van der Waals surface area contributed by atoms with Crippen LogP contribution < -0.4 is 0 Å². The number of nitrogens with zero attached hydrogens (tertiary/aromatic N) is 5. The molecule has 0 radical (unpaired) electrons. The van der Waals surface area contributed by atoms with Gasteiger partial charge in [-0.25, -0.2) is 15.0 Å². The molecule has 0 N–H and O–H groups in total. The molecule has 5 rings (SSSR count). The van der Waals surface area contributed by atoms with Crippen molar-refractivity contribution in [3.05, 3.63) is 90.0 Å². The van der Waals surface area contributed by atoms with Gasteiger partial charge in [-0.3, -0.25) is 0 Å². The summed E-state index contributed by atoms with van der Waals surface area (Å²) in [5.74, 6) is 3.18. The summed E-state index contributed by atoms with van der Waals surface area (Å²) >= 11 is 0. The fourth-order valence-electron chi connectivity index (χ4n) is 5.98. The summed E-state index contributed by atoms with van der Waals surface area (Å²) in [6.07, 6.45) is 11.6. The number of aromatic nitrogens is 5. The minimum atomic E-state index is 0.660. The number of hydrogen-bond donors (Lipinski definition) is 0. The molecule has 0 saturated carbocycles. The van der Waals surface area contributed by atoms with Gasteiger partial charge in [0.1, 0.15) is 11.4 Å². The molecule has 0 aliphatic heterocycles. The Labute approximate surface area is 263 Å². The van der Waals surface area contributed by atoms with Crippen molar-refractivity contribution in [2.75, 3.05) is 0 Å². The molecule has 44 heavy (non-hydrogen) atoms. The Hall–Kier alpha value is -3.99. The lowest BCUT2D eigenvalue weighted by Crippen LogP contribution is -2.06. The van der Waals surface area contributed by atoms with Gasteiger partial charge in [-0.1, -0.05) is 67.5 Å². The molecule has 2 atom stereocenters. The fraction of sp³-hybridized carbons (Fsp3) is 0.410. The highest BCUT2D eigenvalue weighted by Gasteiger charge is 2.18. The lowest BCUT2D eigenvalue weighted by atomic mass is 10.0. The van der Waals surface area contributed by atoms with Gasteiger partial charge in [0.25, 0.3) is 0 Å². The van der Waals surface area contributed by atoms with Crippen molar-refractivity contribution in [3.63, 3.8) is 0 Å². The fourth-order valence-corrected chi connectivity index (χ4v) is 5.98. The van der Waals surface area contributed by atoms with Crippen molar-refractivity contribution in [1.82, 2.24) is 24.1 Å². The molecule has 0 bridgehead atoms. The first-order chi connectivity index (χ1) is 21.3. The molecule has 3 aromatic heterocycles. The summed E-state index contributed by atoms with van der Waals surface area (Å²) in [5, 5.41) is 0. The smallest absolute Gasteiger partial charge is 0.159 e. The van der Waals surface area contributed by atoms with Gasteiger partial charge in [0.15, 0.2) is 11.6 Å². The lowest BCUT2D eigenvalue weighted by Gasteiger charge is -2.14. The highest BCUT2D eigenvalue weighted by atomic mass is 15.1. The standard InChI is InChI=1S/C39H49N5/c1-28(2)22-24-30(5)14-12-26-43-36-20-9-7-16-32(36)41-38(43)34-18-11-19-35(40-34)39-42-33-17-8-10-21-37(33)44(39)27-13-15-31(6)25-23-29(3)4/h7-11,16-23,30-31H,12-15,24-27H2,1-6H3/t30-,31-/m1/s1. The van der Waals surface area contributed by atoms with Crippen molar-refractivity contribution >= 4 is 22.1 Å². The zero-order chi connectivity index (χ0) is 31.1. The van der Waals surface area contributed by atoms with Crippen LogP contribution in [0.3, 0.4) is 0 Å². The molecule has 3 heterocycles. The minimum absolute atomic E-state index is 0.660. The zero-order valence-electron chi connectivity index (χ0n) is 27.6. The monoisotopic (exact) mass is 587 g/mol. The van der Waals surface area contributed by atoms with Gasteiger partial charge in [0.2, 0.25) is 0 Å². The number of rotatable bonds is 14. The molecule has 2 aromatic carbocycles. The molecule has 0 fully saturated rings. The maximum absolute atomic E-state index is 5.23. The Kier molecular flexibility index (Phi) is 10.5. The minimum Gasteiger partial charge on any atom is -0.323 e. The molecule has 230 valence electrons. The van der Waals surface area contributed by atoms with Crippen molar-refractivity contribution in [2.45, 2.75) is 93.2 Å². The summed E-state index contributed by atoms with van der Waals surface area (Å²) in [6.45, 7) is 15.3. The van der Waals surface area contributed by atoms with Gasteiger partial charge in [0.05, 0.1) is 22.1 Å². The highest BCUT2D eigenvalue weighted by molar-refractivity contribution is 5.82. The molecule has 5 aromatic rings. The summed E-state index contributed by atoms with van der Waals surface area (Å²) in [7, 11) is 0. The van der Waals surface area contributed by atoms with E-state index in [0.717, 1.165) is 72.8 Å². The first-order valence-electron chi connectivity index (χ1n) is 16.4. The molecular formula is C39H49N5. The van der Waals surface area contributed by atoms with Crippen molar-refractivity contribution in [1.29, 1.82) is 0 Å². The van der Waals surface area contributed by atoms with Gasteiger partial charge in [0, 0.05) is 13.1 Å². The lowest BCUT2D eigenvalue weighted by molar-refractivity contribution is 0.487. The molecule has 5 heteroatoms. The Morgan fingerprint density at radius 3 is 1.45 bits per heavy atom. The predicted octanol–water partition coefficient (Wildman–Crippen LogP) is 10.7.